The van der Waals surface area contributed by atoms with Gasteiger partial charge < -0.3 is 14.4 Å². The maximum atomic E-state index is 12.4. The number of rotatable bonds is 5. The van der Waals surface area contributed by atoms with E-state index in [0.717, 1.165) is 31.2 Å². The van der Waals surface area contributed by atoms with Crippen molar-refractivity contribution < 1.29 is 14.3 Å². The van der Waals surface area contributed by atoms with Crippen LogP contribution in [0.5, 0.6) is 5.75 Å². The van der Waals surface area contributed by atoms with E-state index in [1.165, 1.54) is 12.8 Å². The summed E-state index contributed by atoms with van der Waals surface area (Å²) in [5.41, 5.74) is 0.687. The zero-order valence-electron chi connectivity index (χ0n) is 11.9. The van der Waals surface area contributed by atoms with E-state index in [0.29, 0.717) is 12.1 Å². The van der Waals surface area contributed by atoms with Gasteiger partial charge in [0.2, 0.25) is 0 Å². The van der Waals surface area contributed by atoms with Gasteiger partial charge in [0.25, 0.3) is 5.91 Å². The van der Waals surface area contributed by atoms with Crippen molar-refractivity contribution in [2.75, 3.05) is 26.8 Å². The fourth-order valence-electron chi connectivity index (χ4n) is 2.54. The molecule has 2 fully saturated rings. The van der Waals surface area contributed by atoms with Gasteiger partial charge in [-0.15, -0.1) is 0 Å². The van der Waals surface area contributed by atoms with Crippen molar-refractivity contribution in [1.29, 1.82) is 0 Å². The highest BCUT2D eigenvalue weighted by Crippen LogP contribution is 2.30. The molecule has 1 amide bonds. The van der Waals surface area contributed by atoms with E-state index in [9.17, 15) is 4.79 Å². The minimum atomic E-state index is 0.0708. The number of ether oxygens (including phenoxy) is 2. The average molecular weight is 275 g/mol. The molecule has 1 heterocycles. The highest BCUT2D eigenvalue weighted by molar-refractivity contribution is 5.94. The lowest BCUT2D eigenvalue weighted by Crippen LogP contribution is -2.30. The highest BCUT2D eigenvalue weighted by Gasteiger charge is 2.29. The molecular formula is C16H21NO3. The first kappa shape index (κ1) is 13.4. The summed E-state index contributed by atoms with van der Waals surface area (Å²) in [4.78, 5) is 14.3. The largest absolute Gasteiger partial charge is 0.497 e. The number of carbonyl (C=O) groups is 1. The average Bonchev–Trinajstić information content (AvgIpc) is 3.21. The SMILES string of the molecule is COc1cccc(C(=O)N2CCC(OCC3CC3)C2)c1. The van der Waals surface area contributed by atoms with Gasteiger partial charge in [0, 0.05) is 25.3 Å². The van der Waals surface area contributed by atoms with Gasteiger partial charge in [0.15, 0.2) is 0 Å². The predicted octanol–water partition coefficient (Wildman–Crippen LogP) is 2.34. The van der Waals surface area contributed by atoms with Crippen LogP contribution in [0.4, 0.5) is 0 Å². The zero-order valence-corrected chi connectivity index (χ0v) is 11.9. The molecule has 1 aliphatic heterocycles. The molecule has 108 valence electrons. The first-order valence-corrected chi connectivity index (χ1v) is 7.31. The van der Waals surface area contributed by atoms with E-state index in [2.05, 4.69) is 0 Å². The lowest BCUT2D eigenvalue weighted by Gasteiger charge is -2.17. The summed E-state index contributed by atoms with van der Waals surface area (Å²) < 4.78 is 11.0. The second kappa shape index (κ2) is 5.83. The molecule has 2 aliphatic rings. The molecule has 1 unspecified atom stereocenters. The molecule has 3 rings (SSSR count). The molecule has 20 heavy (non-hydrogen) atoms. The lowest BCUT2D eigenvalue weighted by atomic mass is 10.2. The molecule has 0 radical (unpaired) electrons. The first-order valence-electron chi connectivity index (χ1n) is 7.31. The van der Waals surface area contributed by atoms with Crippen molar-refractivity contribution in [1.82, 2.24) is 4.90 Å². The quantitative estimate of drug-likeness (QED) is 0.828. The third-order valence-corrected chi connectivity index (χ3v) is 4.01. The van der Waals surface area contributed by atoms with Gasteiger partial charge in [-0.25, -0.2) is 0 Å². The number of hydrogen-bond acceptors (Lipinski definition) is 3. The number of methoxy groups -OCH3 is 1. The number of benzene rings is 1. The van der Waals surface area contributed by atoms with E-state index < -0.39 is 0 Å². The maximum Gasteiger partial charge on any atom is 0.254 e. The fourth-order valence-corrected chi connectivity index (χ4v) is 2.54. The number of likely N-dealkylation sites (tertiary alicyclic amines) is 1. The second-order valence-corrected chi connectivity index (χ2v) is 5.67. The Morgan fingerprint density at radius 3 is 2.95 bits per heavy atom. The Hall–Kier alpha value is -1.55. The first-order chi connectivity index (χ1) is 9.76. The van der Waals surface area contributed by atoms with Crippen LogP contribution < -0.4 is 4.74 Å². The van der Waals surface area contributed by atoms with Crippen LogP contribution in [0.3, 0.4) is 0 Å². The normalized spacial score (nSPS) is 22.1. The summed E-state index contributed by atoms with van der Waals surface area (Å²) >= 11 is 0. The Morgan fingerprint density at radius 1 is 1.35 bits per heavy atom. The van der Waals surface area contributed by atoms with Crippen LogP contribution in [-0.2, 0) is 4.74 Å². The molecule has 1 atom stereocenters. The Balaban J connectivity index is 1.56. The van der Waals surface area contributed by atoms with Crippen LogP contribution >= 0.6 is 0 Å². The molecule has 0 aromatic heterocycles. The third kappa shape index (κ3) is 3.12. The molecule has 1 saturated carbocycles. The van der Waals surface area contributed by atoms with Crippen molar-refractivity contribution in [3.63, 3.8) is 0 Å². The number of hydrogen-bond donors (Lipinski definition) is 0. The van der Waals surface area contributed by atoms with Gasteiger partial charge in [-0.1, -0.05) is 6.07 Å². The summed E-state index contributed by atoms with van der Waals surface area (Å²) in [5.74, 6) is 1.57. The Kier molecular flexibility index (Phi) is 3.92. The standard InChI is InChI=1S/C16H21NO3/c1-19-14-4-2-3-13(9-14)16(18)17-8-7-15(10-17)20-11-12-5-6-12/h2-4,9,12,15H,5-8,10-11H2,1H3. The molecule has 0 spiro atoms. The Morgan fingerprint density at radius 2 is 2.20 bits per heavy atom. The second-order valence-electron chi connectivity index (χ2n) is 5.67. The molecule has 4 nitrogen and oxygen atoms in total. The lowest BCUT2D eigenvalue weighted by molar-refractivity contribution is 0.0480. The maximum absolute atomic E-state index is 12.4. The summed E-state index contributed by atoms with van der Waals surface area (Å²) in [5, 5.41) is 0. The Labute approximate surface area is 119 Å². The summed E-state index contributed by atoms with van der Waals surface area (Å²) in [6, 6.07) is 7.33. The molecule has 1 aromatic carbocycles. The van der Waals surface area contributed by atoms with Crippen LogP contribution in [0.1, 0.15) is 29.6 Å². The molecule has 1 aromatic rings. The topological polar surface area (TPSA) is 38.8 Å². The minimum Gasteiger partial charge on any atom is -0.497 e. The summed E-state index contributed by atoms with van der Waals surface area (Å²) in [7, 11) is 1.61. The van der Waals surface area contributed by atoms with Gasteiger partial charge in [0.1, 0.15) is 5.75 Å². The van der Waals surface area contributed by atoms with Gasteiger partial charge in [-0.3, -0.25) is 4.79 Å². The van der Waals surface area contributed by atoms with Gasteiger partial charge >= 0.3 is 0 Å². The van der Waals surface area contributed by atoms with Gasteiger partial charge in [-0.05, 0) is 43.4 Å². The number of amides is 1. The van der Waals surface area contributed by atoms with Crippen molar-refractivity contribution in [3.05, 3.63) is 29.8 Å². The number of carbonyl (C=O) groups excluding carboxylic acids is 1. The molecule has 0 N–H and O–H groups in total. The van der Waals surface area contributed by atoms with Crippen molar-refractivity contribution >= 4 is 5.91 Å². The van der Waals surface area contributed by atoms with Crippen molar-refractivity contribution in [2.24, 2.45) is 5.92 Å². The van der Waals surface area contributed by atoms with E-state index in [1.807, 2.05) is 23.1 Å². The van der Waals surface area contributed by atoms with Crippen LogP contribution in [0.25, 0.3) is 0 Å². The minimum absolute atomic E-state index is 0.0708. The molecule has 0 bridgehead atoms. The third-order valence-electron chi connectivity index (χ3n) is 4.01. The van der Waals surface area contributed by atoms with Crippen LogP contribution in [0.15, 0.2) is 24.3 Å². The summed E-state index contributed by atoms with van der Waals surface area (Å²) in [6.45, 7) is 2.36. The van der Waals surface area contributed by atoms with Crippen molar-refractivity contribution in [3.8, 4) is 5.75 Å². The number of nitrogens with zero attached hydrogens (tertiary/aromatic N) is 1. The van der Waals surface area contributed by atoms with E-state index in [4.69, 9.17) is 9.47 Å². The Bertz CT molecular complexity index is 484. The molecule has 4 heteroatoms. The highest BCUT2D eigenvalue weighted by atomic mass is 16.5. The predicted molar refractivity (Wildman–Crippen MR) is 76.0 cm³/mol. The van der Waals surface area contributed by atoms with E-state index in [1.54, 1.807) is 13.2 Å². The van der Waals surface area contributed by atoms with Gasteiger partial charge in [-0.2, -0.15) is 0 Å². The van der Waals surface area contributed by atoms with Crippen LogP contribution in [0.2, 0.25) is 0 Å². The van der Waals surface area contributed by atoms with Crippen LogP contribution in [-0.4, -0.2) is 43.7 Å². The van der Waals surface area contributed by atoms with Crippen LogP contribution in [0, 0.1) is 5.92 Å². The van der Waals surface area contributed by atoms with Gasteiger partial charge in [0.05, 0.1) is 13.2 Å². The van der Waals surface area contributed by atoms with E-state index in [-0.39, 0.29) is 12.0 Å². The smallest absolute Gasteiger partial charge is 0.254 e. The molecule has 1 saturated heterocycles. The summed E-state index contributed by atoms with van der Waals surface area (Å²) in [6.07, 6.45) is 3.77. The molecule has 1 aliphatic carbocycles. The monoisotopic (exact) mass is 275 g/mol. The zero-order chi connectivity index (χ0) is 13.9. The molecular weight excluding hydrogens is 254 g/mol. The van der Waals surface area contributed by atoms with Crippen molar-refractivity contribution in [2.45, 2.75) is 25.4 Å². The van der Waals surface area contributed by atoms with E-state index >= 15 is 0 Å². The fraction of sp³-hybridized carbons (Fsp3) is 0.562.